The van der Waals surface area contributed by atoms with E-state index in [2.05, 4.69) is 32.9 Å². The van der Waals surface area contributed by atoms with Crippen LogP contribution in [0.3, 0.4) is 0 Å². The molecule has 16 heavy (non-hydrogen) atoms. The van der Waals surface area contributed by atoms with Crippen LogP contribution in [-0.2, 0) is 6.42 Å². The lowest BCUT2D eigenvalue weighted by atomic mass is 9.89. The third-order valence-electron chi connectivity index (χ3n) is 3.90. The summed E-state index contributed by atoms with van der Waals surface area (Å²) >= 11 is 0. The predicted molar refractivity (Wildman–Crippen MR) is 69.6 cm³/mol. The Bertz CT molecular complexity index is 354. The highest BCUT2D eigenvalue weighted by Gasteiger charge is 2.30. The Balaban J connectivity index is 2.19. The van der Waals surface area contributed by atoms with Gasteiger partial charge in [0.1, 0.15) is 0 Å². The first kappa shape index (κ1) is 11.7. The van der Waals surface area contributed by atoms with E-state index in [-0.39, 0.29) is 0 Å². The highest BCUT2D eigenvalue weighted by atomic mass is 14.6. The lowest BCUT2D eigenvalue weighted by Crippen LogP contribution is -2.19. The van der Waals surface area contributed by atoms with Crippen LogP contribution in [-0.4, -0.2) is 6.54 Å². The van der Waals surface area contributed by atoms with Crippen molar-refractivity contribution in [3.8, 4) is 0 Å². The van der Waals surface area contributed by atoms with Gasteiger partial charge >= 0.3 is 0 Å². The van der Waals surface area contributed by atoms with Gasteiger partial charge in [0, 0.05) is 0 Å². The van der Waals surface area contributed by atoms with Gasteiger partial charge in [-0.05, 0) is 75.1 Å². The third kappa shape index (κ3) is 2.46. The van der Waals surface area contributed by atoms with E-state index < -0.39 is 0 Å². The first-order valence-corrected chi connectivity index (χ1v) is 6.38. The fourth-order valence-corrected chi connectivity index (χ4v) is 2.80. The molecule has 0 aliphatic heterocycles. The molecule has 1 heteroatoms. The predicted octanol–water partition coefficient (Wildman–Crippen LogP) is 3.14. The normalized spacial score (nSPS) is 17.5. The summed E-state index contributed by atoms with van der Waals surface area (Å²) in [7, 11) is 0. The third-order valence-corrected chi connectivity index (χ3v) is 3.90. The van der Waals surface area contributed by atoms with Crippen molar-refractivity contribution < 1.29 is 0 Å². The van der Waals surface area contributed by atoms with Crippen molar-refractivity contribution in [2.75, 3.05) is 6.54 Å². The summed E-state index contributed by atoms with van der Waals surface area (Å²) < 4.78 is 0. The van der Waals surface area contributed by atoms with Crippen LogP contribution in [0.4, 0.5) is 0 Å². The summed E-state index contributed by atoms with van der Waals surface area (Å²) in [5.41, 5.74) is 11.7. The summed E-state index contributed by atoms with van der Waals surface area (Å²) in [5.74, 6) is 1.62. The van der Waals surface area contributed by atoms with E-state index in [0.29, 0.717) is 5.92 Å². The standard InChI is InChI=1S/C15H23N/c1-10-6-11(2)15(12(3)7-10)8-14(9-16)13-4-5-13/h6-7,13-14H,4-5,8-9,16H2,1-3H3. The molecule has 1 aromatic rings. The average Bonchev–Trinajstić information content (AvgIpc) is 3.00. The molecule has 88 valence electrons. The Kier molecular flexibility index (Phi) is 3.34. The number of hydrogen-bond donors (Lipinski definition) is 1. The fourth-order valence-electron chi connectivity index (χ4n) is 2.80. The molecule has 0 radical (unpaired) electrons. The van der Waals surface area contributed by atoms with Gasteiger partial charge in [0.15, 0.2) is 0 Å². The quantitative estimate of drug-likeness (QED) is 0.824. The van der Waals surface area contributed by atoms with Gasteiger partial charge < -0.3 is 5.73 Å². The van der Waals surface area contributed by atoms with Crippen LogP contribution < -0.4 is 5.73 Å². The van der Waals surface area contributed by atoms with Crippen molar-refractivity contribution in [1.29, 1.82) is 0 Å². The second-order valence-electron chi connectivity index (χ2n) is 5.41. The zero-order valence-corrected chi connectivity index (χ0v) is 10.7. The molecule has 1 aliphatic carbocycles. The molecule has 0 spiro atoms. The largest absolute Gasteiger partial charge is 0.330 e. The maximum Gasteiger partial charge on any atom is -0.00430 e. The molecule has 0 bridgehead atoms. The molecule has 2 N–H and O–H groups in total. The minimum Gasteiger partial charge on any atom is -0.330 e. The molecule has 1 nitrogen and oxygen atoms in total. The molecule has 1 aliphatic rings. The van der Waals surface area contributed by atoms with Crippen LogP contribution in [0, 0.1) is 32.6 Å². The van der Waals surface area contributed by atoms with Gasteiger partial charge in [0.25, 0.3) is 0 Å². The Morgan fingerprint density at radius 2 is 1.75 bits per heavy atom. The molecule has 1 saturated carbocycles. The topological polar surface area (TPSA) is 26.0 Å². The summed E-state index contributed by atoms with van der Waals surface area (Å²) in [6.45, 7) is 7.48. The van der Waals surface area contributed by atoms with E-state index in [9.17, 15) is 0 Å². The van der Waals surface area contributed by atoms with E-state index in [1.54, 1.807) is 0 Å². The summed E-state index contributed by atoms with van der Waals surface area (Å²) in [6.07, 6.45) is 3.97. The van der Waals surface area contributed by atoms with Crippen LogP contribution in [0.5, 0.6) is 0 Å². The SMILES string of the molecule is Cc1cc(C)c(CC(CN)C2CC2)c(C)c1. The van der Waals surface area contributed by atoms with Crippen molar-refractivity contribution >= 4 is 0 Å². The van der Waals surface area contributed by atoms with Crippen molar-refractivity contribution in [1.82, 2.24) is 0 Å². The molecular weight excluding hydrogens is 194 g/mol. The van der Waals surface area contributed by atoms with E-state index in [4.69, 9.17) is 5.73 Å². The van der Waals surface area contributed by atoms with Gasteiger partial charge in [-0.3, -0.25) is 0 Å². The molecule has 0 heterocycles. The van der Waals surface area contributed by atoms with Crippen LogP contribution in [0.1, 0.15) is 35.1 Å². The van der Waals surface area contributed by atoms with Crippen molar-refractivity contribution in [2.45, 2.75) is 40.0 Å². The molecule has 2 rings (SSSR count). The smallest absolute Gasteiger partial charge is 0.00430 e. The minimum atomic E-state index is 0.708. The van der Waals surface area contributed by atoms with Gasteiger partial charge in [0.05, 0.1) is 0 Å². The van der Waals surface area contributed by atoms with Gasteiger partial charge in [-0.15, -0.1) is 0 Å². The van der Waals surface area contributed by atoms with Crippen LogP contribution >= 0.6 is 0 Å². The van der Waals surface area contributed by atoms with E-state index >= 15 is 0 Å². The maximum atomic E-state index is 5.89. The number of benzene rings is 1. The molecule has 1 unspecified atom stereocenters. The summed E-state index contributed by atoms with van der Waals surface area (Å²) in [6, 6.07) is 4.59. The van der Waals surface area contributed by atoms with Crippen molar-refractivity contribution in [2.24, 2.45) is 17.6 Å². The van der Waals surface area contributed by atoms with E-state index in [0.717, 1.165) is 12.5 Å². The highest BCUT2D eigenvalue weighted by molar-refractivity contribution is 5.37. The number of aryl methyl sites for hydroxylation is 3. The molecule has 0 aromatic heterocycles. The maximum absolute atomic E-state index is 5.89. The van der Waals surface area contributed by atoms with Crippen LogP contribution in [0.2, 0.25) is 0 Å². The first-order valence-electron chi connectivity index (χ1n) is 6.38. The Labute approximate surface area is 99.0 Å². The number of nitrogens with two attached hydrogens (primary N) is 1. The monoisotopic (exact) mass is 217 g/mol. The van der Waals surface area contributed by atoms with E-state index in [1.165, 1.54) is 41.5 Å². The van der Waals surface area contributed by atoms with Crippen LogP contribution in [0.25, 0.3) is 0 Å². The molecule has 1 fully saturated rings. The average molecular weight is 217 g/mol. The zero-order chi connectivity index (χ0) is 11.7. The molecule has 1 aromatic carbocycles. The zero-order valence-electron chi connectivity index (χ0n) is 10.7. The van der Waals surface area contributed by atoms with Crippen molar-refractivity contribution in [3.05, 3.63) is 34.4 Å². The summed E-state index contributed by atoms with van der Waals surface area (Å²) in [4.78, 5) is 0. The lowest BCUT2D eigenvalue weighted by molar-refractivity contribution is 0.469. The van der Waals surface area contributed by atoms with Gasteiger partial charge in [-0.2, -0.15) is 0 Å². The molecule has 0 saturated heterocycles. The van der Waals surface area contributed by atoms with Gasteiger partial charge in [-0.25, -0.2) is 0 Å². The number of hydrogen-bond acceptors (Lipinski definition) is 1. The van der Waals surface area contributed by atoms with E-state index in [1.807, 2.05) is 0 Å². The summed E-state index contributed by atoms with van der Waals surface area (Å²) in [5, 5.41) is 0. The first-order chi connectivity index (χ1) is 7.61. The Hall–Kier alpha value is -0.820. The number of rotatable bonds is 4. The Morgan fingerprint density at radius 1 is 1.19 bits per heavy atom. The van der Waals surface area contributed by atoms with Gasteiger partial charge in [-0.1, -0.05) is 17.7 Å². The van der Waals surface area contributed by atoms with Gasteiger partial charge in [0.2, 0.25) is 0 Å². The molecule has 1 atom stereocenters. The fraction of sp³-hybridized carbons (Fsp3) is 0.600. The Morgan fingerprint density at radius 3 is 2.19 bits per heavy atom. The second kappa shape index (κ2) is 4.58. The molecule has 0 amide bonds. The van der Waals surface area contributed by atoms with Crippen molar-refractivity contribution in [3.63, 3.8) is 0 Å². The highest BCUT2D eigenvalue weighted by Crippen LogP contribution is 2.38. The second-order valence-corrected chi connectivity index (χ2v) is 5.41. The minimum absolute atomic E-state index is 0.708. The lowest BCUT2D eigenvalue weighted by Gasteiger charge is -2.18. The molecular formula is C15H23N. The van der Waals surface area contributed by atoms with Crippen LogP contribution in [0.15, 0.2) is 12.1 Å².